The topological polar surface area (TPSA) is 69.7 Å². The predicted octanol–water partition coefficient (Wildman–Crippen LogP) is 1.35. The van der Waals surface area contributed by atoms with Crippen LogP contribution < -0.4 is 14.5 Å². The molecule has 2 aromatic rings. The Morgan fingerprint density at radius 2 is 1.97 bits per heavy atom. The third kappa shape index (κ3) is 4.92. The largest absolute Gasteiger partial charge is 0.497 e. The molecule has 1 N–H and O–H groups in total. The summed E-state index contributed by atoms with van der Waals surface area (Å²) >= 11 is 0. The number of anilines is 1. The predicted molar refractivity (Wildman–Crippen MR) is 115 cm³/mol. The normalized spacial score (nSPS) is 21.3. The van der Waals surface area contributed by atoms with Crippen molar-refractivity contribution in [3.8, 4) is 5.75 Å². The Kier molecular flexibility index (Phi) is 6.84. The molecule has 8 heteroatoms. The lowest BCUT2D eigenvalue weighted by molar-refractivity contribution is -0.934. The smallest absolute Gasteiger partial charge is 0.209 e. The number of hydrogen-bond donors (Lipinski definition) is 1. The summed E-state index contributed by atoms with van der Waals surface area (Å²) in [4.78, 5) is 4.04. The molecule has 2 fully saturated rings. The van der Waals surface area contributed by atoms with Gasteiger partial charge < -0.3 is 19.3 Å². The minimum atomic E-state index is 0.244. The molecule has 30 heavy (non-hydrogen) atoms. The fraction of sp³-hybridized carbons (Fsp3) is 0.682. The first-order valence-electron chi connectivity index (χ1n) is 11.2. The molecule has 2 aliphatic rings. The van der Waals surface area contributed by atoms with Crippen molar-refractivity contribution < 1.29 is 14.4 Å². The summed E-state index contributed by atoms with van der Waals surface area (Å²) in [6.45, 7) is 10.4. The number of hydrogen-bond acceptors (Lipinski definition) is 6. The van der Waals surface area contributed by atoms with Gasteiger partial charge in [0.25, 0.3) is 0 Å². The molecule has 2 atom stereocenters. The maximum absolute atomic E-state index is 5.83. The number of benzene rings is 1. The minimum absolute atomic E-state index is 0.244. The SMILES string of the molecule is COc1ccc(N2CC[NH+]([C@@H](CC(C)C)c3nnnn3C[C@@H]3CCCO3)CC2)cc1. The molecule has 0 amide bonds. The summed E-state index contributed by atoms with van der Waals surface area (Å²) < 4.78 is 13.1. The van der Waals surface area contributed by atoms with E-state index in [-0.39, 0.29) is 6.10 Å². The number of rotatable bonds is 8. The van der Waals surface area contributed by atoms with Crippen LogP contribution in [0.2, 0.25) is 0 Å². The van der Waals surface area contributed by atoms with Crippen LogP contribution in [0.15, 0.2) is 24.3 Å². The molecule has 0 unspecified atom stereocenters. The van der Waals surface area contributed by atoms with Crippen molar-refractivity contribution in [1.82, 2.24) is 20.2 Å². The fourth-order valence-electron chi connectivity index (χ4n) is 4.69. The fourth-order valence-corrected chi connectivity index (χ4v) is 4.69. The van der Waals surface area contributed by atoms with Gasteiger partial charge in [-0.05, 0) is 53.5 Å². The second-order valence-electron chi connectivity index (χ2n) is 8.88. The van der Waals surface area contributed by atoms with Gasteiger partial charge in [0.2, 0.25) is 5.82 Å². The monoisotopic (exact) mass is 415 g/mol. The maximum Gasteiger partial charge on any atom is 0.209 e. The Hall–Kier alpha value is -2.19. The second kappa shape index (κ2) is 9.75. The van der Waals surface area contributed by atoms with Crippen molar-refractivity contribution in [2.75, 3.05) is 44.8 Å². The van der Waals surface area contributed by atoms with Crippen molar-refractivity contribution >= 4 is 5.69 Å². The Bertz CT molecular complexity index is 779. The van der Waals surface area contributed by atoms with Gasteiger partial charge in [-0.3, -0.25) is 0 Å². The van der Waals surface area contributed by atoms with Crippen LogP contribution in [-0.2, 0) is 11.3 Å². The van der Waals surface area contributed by atoms with Crippen molar-refractivity contribution in [2.45, 2.75) is 51.8 Å². The molecule has 2 aliphatic heterocycles. The number of ether oxygens (including phenoxy) is 2. The molecular formula is C22H35N6O2+. The molecule has 2 saturated heterocycles. The van der Waals surface area contributed by atoms with E-state index < -0.39 is 0 Å². The van der Waals surface area contributed by atoms with E-state index in [1.165, 1.54) is 5.69 Å². The zero-order chi connectivity index (χ0) is 20.9. The summed E-state index contributed by atoms with van der Waals surface area (Å²) in [5, 5.41) is 12.8. The molecule has 0 radical (unpaired) electrons. The molecular weight excluding hydrogens is 380 g/mol. The lowest BCUT2D eigenvalue weighted by Crippen LogP contribution is -3.15. The zero-order valence-corrected chi connectivity index (χ0v) is 18.5. The number of piperazine rings is 1. The van der Waals surface area contributed by atoms with Crippen LogP contribution in [0.3, 0.4) is 0 Å². The van der Waals surface area contributed by atoms with Gasteiger partial charge in [-0.25, -0.2) is 4.68 Å². The standard InChI is InChI=1S/C22H34N6O2/c1-17(2)15-21(22-23-24-25-28(22)16-20-5-4-14-30-20)27-12-10-26(11-13-27)18-6-8-19(29-3)9-7-18/h6-9,17,20-21H,4-5,10-16H2,1-3H3/p+1/t20-,21-/m0/s1. The van der Waals surface area contributed by atoms with Crippen molar-refractivity contribution in [2.24, 2.45) is 5.92 Å². The number of aromatic nitrogens is 4. The molecule has 164 valence electrons. The van der Waals surface area contributed by atoms with E-state index in [0.717, 1.165) is 70.2 Å². The van der Waals surface area contributed by atoms with E-state index in [4.69, 9.17) is 9.47 Å². The Morgan fingerprint density at radius 3 is 2.60 bits per heavy atom. The number of nitrogens with zero attached hydrogens (tertiary/aromatic N) is 5. The first kappa shape index (κ1) is 21.1. The van der Waals surface area contributed by atoms with Crippen molar-refractivity contribution in [3.05, 3.63) is 30.1 Å². The summed E-state index contributed by atoms with van der Waals surface area (Å²) in [7, 11) is 1.71. The van der Waals surface area contributed by atoms with Crippen LogP contribution in [0.5, 0.6) is 5.75 Å². The quantitative estimate of drug-likeness (QED) is 0.702. The van der Waals surface area contributed by atoms with Gasteiger partial charge in [0, 0.05) is 18.7 Å². The Labute approximate surface area is 179 Å². The summed E-state index contributed by atoms with van der Waals surface area (Å²) in [5.74, 6) is 2.51. The first-order valence-corrected chi connectivity index (χ1v) is 11.2. The molecule has 1 aromatic heterocycles. The van der Waals surface area contributed by atoms with Gasteiger partial charge in [-0.1, -0.05) is 13.8 Å². The van der Waals surface area contributed by atoms with Gasteiger partial charge in [0.15, 0.2) is 0 Å². The van der Waals surface area contributed by atoms with Gasteiger partial charge in [-0.15, -0.1) is 5.10 Å². The van der Waals surface area contributed by atoms with E-state index in [2.05, 4.69) is 46.4 Å². The van der Waals surface area contributed by atoms with Crippen molar-refractivity contribution in [3.63, 3.8) is 0 Å². The van der Waals surface area contributed by atoms with Gasteiger partial charge in [0.1, 0.15) is 11.8 Å². The number of quaternary nitrogens is 1. The third-order valence-corrected chi connectivity index (χ3v) is 6.31. The van der Waals surface area contributed by atoms with E-state index in [0.29, 0.717) is 12.0 Å². The summed E-state index contributed by atoms with van der Waals surface area (Å²) in [6, 6.07) is 8.69. The maximum atomic E-state index is 5.83. The summed E-state index contributed by atoms with van der Waals surface area (Å²) in [6.07, 6.45) is 3.57. The Morgan fingerprint density at radius 1 is 1.20 bits per heavy atom. The first-order chi connectivity index (χ1) is 14.6. The van der Waals surface area contributed by atoms with E-state index in [1.807, 2.05) is 16.8 Å². The van der Waals surface area contributed by atoms with E-state index >= 15 is 0 Å². The number of tetrazole rings is 1. The summed E-state index contributed by atoms with van der Waals surface area (Å²) in [5.41, 5.74) is 1.26. The second-order valence-corrected chi connectivity index (χ2v) is 8.88. The Balaban J connectivity index is 1.44. The van der Waals surface area contributed by atoms with Crippen LogP contribution in [0.4, 0.5) is 5.69 Å². The lowest BCUT2D eigenvalue weighted by atomic mass is 10.0. The highest BCUT2D eigenvalue weighted by Gasteiger charge is 2.34. The molecule has 0 aliphatic carbocycles. The molecule has 3 heterocycles. The molecule has 0 saturated carbocycles. The average Bonchev–Trinajstić information content (AvgIpc) is 3.45. The van der Waals surface area contributed by atoms with Crippen LogP contribution >= 0.6 is 0 Å². The minimum Gasteiger partial charge on any atom is -0.497 e. The number of nitrogens with one attached hydrogen (secondary N) is 1. The van der Waals surface area contributed by atoms with Crippen LogP contribution in [0.25, 0.3) is 0 Å². The number of methoxy groups -OCH3 is 1. The molecule has 8 nitrogen and oxygen atoms in total. The molecule has 0 spiro atoms. The van der Waals surface area contributed by atoms with E-state index in [9.17, 15) is 0 Å². The highest BCUT2D eigenvalue weighted by atomic mass is 16.5. The van der Waals surface area contributed by atoms with Crippen molar-refractivity contribution in [1.29, 1.82) is 0 Å². The van der Waals surface area contributed by atoms with Crippen LogP contribution in [-0.4, -0.2) is 66.2 Å². The highest BCUT2D eigenvalue weighted by molar-refractivity contribution is 5.49. The van der Waals surface area contributed by atoms with Crippen LogP contribution in [0, 0.1) is 5.92 Å². The van der Waals surface area contributed by atoms with E-state index in [1.54, 1.807) is 12.0 Å². The highest BCUT2D eigenvalue weighted by Crippen LogP contribution is 2.21. The van der Waals surface area contributed by atoms with Gasteiger partial charge in [0.05, 0.1) is 45.9 Å². The van der Waals surface area contributed by atoms with Gasteiger partial charge in [-0.2, -0.15) is 0 Å². The molecule has 0 bridgehead atoms. The zero-order valence-electron chi connectivity index (χ0n) is 18.5. The third-order valence-electron chi connectivity index (χ3n) is 6.31. The van der Waals surface area contributed by atoms with Crippen LogP contribution in [0.1, 0.15) is 45.0 Å². The van der Waals surface area contributed by atoms with Gasteiger partial charge >= 0.3 is 0 Å². The molecule has 4 rings (SSSR count). The molecule has 1 aromatic carbocycles. The average molecular weight is 416 g/mol. The lowest BCUT2D eigenvalue weighted by Gasteiger charge is -2.37.